The SMILES string of the molecule is Cc1ccc(NC(=O)c2nc(N)ccc2Cl)cc1Br. The lowest BCUT2D eigenvalue weighted by Gasteiger charge is -2.08. The van der Waals surface area contributed by atoms with Crippen LogP contribution in [0.5, 0.6) is 0 Å². The van der Waals surface area contributed by atoms with Crippen LogP contribution in [0.3, 0.4) is 0 Å². The summed E-state index contributed by atoms with van der Waals surface area (Å²) in [5.74, 6) is -0.146. The molecule has 0 aliphatic carbocycles. The summed E-state index contributed by atoms with van der Waals surface area (Å²) in [6.07, 6.45) is 0. The highest BCUT2D eigenvalue weighted by molar-refractivity contribution is 9.10. The molecule has 0 aliphatic rings. The van der Waals surface area contributed by atoms with Crippen molar-refractivity contribution in [3.05, 3.63) is 51.1 Å². The molecule has 2 aromatic rings. The lowest BCUT2D eigenvalue weighted by atomic mass is 10.2. The number of carbonyl (C=O) groups excluding carboxylic acids is 1. The van der Waals surface area contributed by atoms with E-state index >= 15 is 0 Å². The van der Waals surface area contributed by atoms with Gasteiger partial charge in [-0.25, -0.2) is 4.98 Å². The summed E-state index contributed by atoms with van der Waals surface area (Å²) in [6, 6.07) is 8.60. The fourth-order valence-corrected chi connectivity index (χ4v) is 2.05. The molecule has 0 saturated carbocycles. The van der Waals surface area contributed by atoms with E-state index in [2.05, 4.69) is 26.2 Å². The number of amides is 1. The number of benzene rings is 1. The zero-order valence-electron chi connectivity index (χ0n) is 10.1. The molecule has 0 atom stereocenters. The fraction of sp³-hybridized carbons (Fsp3) is 0.0769. The molecule has 0 radical (unpaired) electrons. The molecule has 1 heterocycles. The van der Waals surface area contributed by atoms with Crippen LogP contribution in [-0.4, -0.2) is 10.9 Å². The molecule has 98 valence electrons. The van der Waals surface area contributed by atoms with Gasteiger partial charge in [0, 0.05) is 10.2 Å². The number of anilines is 2. The van der Waals surface area contributed by atoms with Crippen LogP contribution in [0.1, 0.15) is 16.1 Å². The summed E-state index contributed by atoms with van der Waals surface area (Å²) in [4.78, 5) is 16.0. The molecule has 2 rings (SSSR count). The maximum Gasteiger partial charge on any atom is 0.275 e. The van der Waals surface area contributed by atoms with E-state index in [4.69, 9.17) is 17.3 Å². The van der Waals surface area contributed by atoms with Gasteiger partial charge in [0.05, 0.1) is 5.02 Å². The van der Waals surface area contributed by atoms with E-state index < -0.39 is 5.91 Å². The summed E-state index contributed by atoms with van der Waals surface area (Å²) in [5.41, 5.74) is 7.39. The molecular weight excluding hydrogens is 330 g/mol. The molecule has 6 heteroatoms. The standard InChI is InChI=1S/C13H11BrClN3O/c1-7-2-3-8(6-9(7)14)17-13(19)12-10(15)4-5-11(16)18-12/h2-6H,1H3,(H2,16,18)(H,17,19). The highest BCUT2D eigenvalue weighted by Crippen LogP contribution is 2.22. The smallest absolute Gasteiger partial charge is 0.275 e. The monoisotopic (exact) mass is 339 g/mol. The van der Waals surface area contributed by atoms with Crippen LogP contribution < -0.4 is 11.1 Å². The first kappa shape index (κ1) is 13.8. The fourth-order valence-electron chi connectivity index (χ4n) is 1.48. The number of pyridine rings is 1. The minimum absolute atomic E-state index is 0.110. The van der Waals surface area contributed by atoms with Crippen molar-refractivity contribution in [2.24, 2.45) is 0 Å². The van der Waals surface area contributed by atoms with Crippen molar-refractivity contribution < 1.29 is 4.79 Å². The Hall–Kier alpha value is -1.59. The van der Waals surface area contributed by atoms with Gasteiger partial charge in [-0.1, -0.05) is 33.6 Å². The highest BCUT2D eigenvalue weighted by atomic mass is 79.9. The second-order valence-electron chi connectivity index (χ2n) is 3.98. The molecule has 0 saturated heterocycles. The average molecular weight is 341 g/mol. The molecule has 0 fully saturated rings. The molecule has 4 nitrogen and oxygen atoms in total. The lowest BCUT2D eigenvalue weighted by Crippen LogP contribution is -2.15. The lowest BCUT2D eigenvalue weighted by molar-refractivity contribution is 0.102. The third-order valence-corrected chi connectivity index (χ3v) is 3.67. The molecule has 0 spiro atoms. The number of hydrogen-bond acceptors (Lipinski definition) is 3. The maximum atomic E-state index is 12.1. The van der Waals surface area contributed by atoms with Crippen molar-refractivity contribution in [2.75, 3.05) is 11.1 Å². The van der Waals surface area contributed by atoms with Crippen molar-refractivity contribution in [1.29, 1.82) is 0 Å². The van der Waals surface area contributed by atoms with Gasteiger partial charge in [0.25, 0.3) is 5.91 Å². The largest absolute Gasteiger partial charge is 0.384 e. The minimum atomic E-state index is -0.395. The van der Waals surface area contributed by atoms with Crippen molar-refractivity contribution in [3.8, 4) is 0 Å². The van der Waals surface area contributed by atoms with E-state index in [1.807, 2.05) is 19.1 Å². The Labute approximate surface area is 124 Å². The van der Waals surface area contributed by atoms with Crippen LogP contribution in [0.4, 0.5) is 11.5 Å². The van der Waals surface area contributed by atoms with Gasteiger partial charge < -0.3 is 11.1 Å². The van der Waals surface area contributed by atoms with Crippen molar-refractivity contribution in [1.82, 2.24) is 4.98 Å². The Balaban J connectivity index is 2.25. The third-order valence-electron chi connectivity index (χ3n) is 2.51. The molecular formula is C13H11BrClN3O. The molecule has 19 heavy (non-hydrogen) atoms. The van der Waals surface area contributed by atoms with Crippen LogP contribution in [0.15, 0.2) is 34.8 Å². The summed E-state index contributed by atoms with van der Waals surface area (Å²) < 4.78 is 0.914. The van der Waals surface area contributed by atoms with Crippen LogP contribution >= 0.6 is 27.5 Å². The normalized spacial score (nSPS) is 10.3. The Kier molecular flexibility index (Phi) is 4.07. The molecule has 3 N–H and O–H groups in total. The number of aromatic nitrogens is 1. The summed E-state index contributed by atoms with van der Waals surface area (Å²) >= 11 is 9.33. The number of nitrogens with two attached hydrogens (primary N) is 1. The van der Waals surface area contributed by atoms with Gasteiger partial charge >= 0.3 is 0 Å². The minimum Gasteiger partial charge on any atom is -0.384 e. The van der Waals surface area contributed by atoms with Crippen LogP contribution in [0, 0.1) is 6.92 Å². The summed E-state index contributed by atoms with van der Waals surface area (Å²) in [7, 11) is 0. The van der Waals surface area contributed by atoms with Gasteiger partial charge in [0.1, 0.15) is 11.5 Å². The zero-order chi connectivity index (χ0) is 14.0. The van der Waals surface area contributed by atoms with E-state index in [9.17, 15) is 4.79 Å². The third kappa shape index (κ3) is 3.24. The van der Waals surface area contributed by atoms with Crippen molar-refractivity contribution in [3.63, 3.8) is 0 Å². The van der Waals surface area contributed by atoms with Gasteiger partial charge in [-0.15, -0.1) is 0 Å². The topological polar surface area (TPSA) is 68.0 Å². The second-order valence-corrected chi connectivity index (χ2v) is 5.25. The molecule has 1 amide bonds. The first-order valence-electron chi connectivity index (χ1n) is 5.47. The first-order chi connectivity index (χ1) is 8.97. The predicted molar refractivity (Wildman–Crippen MR) is 80.5 cm³/mol. The molecule has 0 unspecified atom stereocenters. The molecule has 0 bridgehead atoms. The van der Waals surface area contributed by atoms with E-state index in [0.29, 0.717) is 5.69 Å². The van der Waals surface area contributed by atoms with Gasteiger partial charge in [-0.05, 0) is 36.8 Å². The van der Waals surface area contributed by atoms with Gasteiger partial charge in [-0.2, -0.15) is 0 Å². The van der Waals surface area contributed by atoms with Gasteiger partial charge in [0.15, 0.2) is 0 Å². The van der Waals surface area contributed by atoms with Crippen molar-refractivity contribution in [2.45, 2.75) is 6.92 Å². The Morgan fingerprint density at radius 1 is 1.37 bits per heavy atom. The number of nitrogens with one attached hydrogen (secondary N) is 1. The van der Waals surface area contributed by atoms with E-state index in [0.717, 1.165) is 10.0 Å². The number of nitrogen functional groups attached to an aromatic ring is 1. The maximum absolute atomic E-state index is 12.1. The number of halogens is 2. The van der Waals surface area contributed by atoms with E-state index in [1.165, 1.54) is 0 Å². The first-order valence-corrected chi connectivity index (χ1v) is 6.64. The van der Waals surface area contributed by atoms with Crippen molar-refractivity contribution >= 4 is 44.9 Å². The van der Waals surface area contributed by atoms with Crippen LogP contribution in [0.2, 0.25) is 5.02 Å². The van der Waals surface area contributed by atoms with Crippen LogP contribution in [-0.2, 0) is 0 Å². The Morgan fingerprint density at radius 2 is 2.11 bits per heavy atom. The molecule has 0 aliphatic heterocycles. The molecule has 1 aromatic carbocycles. The van der Waals surface area contributed by atoms with Gasteiger partial charge in [-0.3, -0.25) is 4.79 Å². The predicted octanol–water partition coefficient (Wildman–Crippen LogP) is 3.64. The molecule has 1 aromatic heterocycles. The summed E-state index contributed by atoms with van der Waals surface area (Å²) in [6.45, 7) is 1.96. The highest BCUT2D eigenvalue weighted by Gasteiger charge is 2.13. The Morgan fingerprint density at radius 3 is 2.79 bits per heavy atom. The Bertz CT molecular complexity index is 646. The zero-order valence-corrected chi connectivity index (χ0v) is 12.4. The number of aryl methyl sites for hydroxylation is 1. The van der Waals surface area contributed by atoms with E-state index in [1.54, 1.807) is 18.2 Å². The number of nitrogens with zero attached hydrogens (tertiary/aromatic N) is 1. The number of rotatable bonds is 2. The quantitative estimate of drug-likeness (QED) is 0.877. The second kappa shape index (κ2) is 5.59. The summed E-state index contributed by atoms with van der Waals surface area (Å²) in [5, 5.41) is 2.98. The number of hydrogen-bond donors (Lipinski definition) is 2. The van der Waals surface area contributed by atoms with E-state index in [-0.39, 0.29) is 16.5 Å². The van der Waals surface area contributed by atoms with Crippen LogP contribution in [0.25, 0.3) is 0 Å². The van der Waals surface area contributed by atoms with Gasteiger partial charge in [0.2, 0.25) is 0 Å². The average Bonchev–Trinajstić information content (AvgIpc) is 2.36. The number of carbonyl (C=O) groups is 1.